The summed E-state index contributed by atoms with van der Waals surface area (Å²) in [5.74, 6) is 1.20. The number of nitrogens with one attached hydrogen (secondary N) is 2. The average molecular weight is 475 g/mol. The first-order valence-corrected chi connectivity index (χ1v) is 13.1. The summed E-state index contributed by atoms with van der Waals surface area (Å²) in [4.78, 5) is 0.268. The number of sulfonamides is 1. The lowest BCUT2D eigenvalue weighted by Gasteiger charge is -2.39. The van der Waals surface area contributed by atoms with Crippen LogP contribution in [0.3, 0.4) is 0 Å². The quantitative estimate of drug-likeness (QED) is 0.429. The van der Waals surface area contributed by atoms with Crippen molar-refractivity contribution in [1.82, 2.24) is 0 Å². The molecule has 0 aromatic heterocycles. The molecule has 34 heavy (non-hydrogen) atoms. The van der Waals surface area contributed by atoms with Crippen molar-refractivity contribution in [2.45, 2.75) is 44.0 Å². The van der Waals surface area contributed by atoms with Gasteiger partial charge in [0.05, 0.1) is 18.0 Å². The number of anilines is 2. The van der Waals surface area contributed by atoms with Crippen LogP contribution >= 0.6 is 0 Å². The summed E-state index contributed by atoms with van der Waals surface area (Å²) in [5, 5.41) is 3.76. The molecule has 3 atom stereocenters. The van der Waals surface area contributed by atoms with Gasteiger partial charge >= 0.3 is 0 Å². The first-order valence-electron chi connectivity index (χ1n) is 11.6. The van der Waals surface area contributed by atoms with E-state index in [4.69, 9.17) is 4.74 Å². The SMILES string of the molecule is COc1ccc(NS(=O)(=O)c2ccc3c(c2)C2C=CCC2C(c2c(C)cc(C)cc2C)N3)cc1. The summed E-state index contributed by atoms with van der Waals surface area (Å²) < 4.78 is 34.2. The number of fused-ring (bicyclic) bond motifs is 3. The van der Waals surface area contributed by atoms with Gasteiger partial charge in [-0.05, 0) is 97.8 Å². The fourth-order valence-corrected chi connectivity index (χ4v) is 6.67. The lowest BCUT2D eigenvalue weighted by atomic mass is 9.75. The minimum absolute atomic E-state index is 0.178. The molecule has 2 aliphatic rings. The summed E-state index contributed by atoms with van der Waals surface area (Å²) >= 11 is 0. The summed E-state index contributed by atoms with van der Waals surface area (Å²) in [6.07, 6.45) is 5.44. The van der Waals surface area contributed by atoms with Crippen LogP contribution in [-0.2, 0) is 10.0 Å². The van der Waals surface area contributed by atoms with Crippen molar-refractivity contribution < 1.29 is 13.2 Å². The highest BCUT2D eigenvalue weighted by molar-refractivity contribution is 7.92. The first-order chi connectivity index (χ1) is 16.3. The zero-order valence-electron chi connectivity index (χ0n) is 19.9. The molecule has 1 heterocycles. The second-order valence-electron chi connectivity index (χ2n) is 9.37. The molecule has 5 nitrogen and oxygen atoms in total. The van der Waals surface area contributed by atoms with Crippen LogP contribution in [0.5, 0.6) is 5.75 Å². The van der Waals surface area contributed by atoms with E-state index in [0.29, 0.717) is 17.4 Å². The van der Waals surface area contributed by atoms with E-state index < -0.39 is 10.0 Å². The molecule has 0 bridgehead atoms. The smallest absolute Gasteiger partial charge is 0.261 e. The Morgan fingerprint density at radius 3 is 2.35 bits per heavy atom. The Balaban J connectivity index is 1.49. The molecule has 2 N–H and O–H groups in total. The van der Waals surface area contributed by atoms with Gasteiger partial charge in [0, 0.05) is 17.3 Å². The molecule has 0 fully saturated rings. The normalized spacial score (nSPS) is 20.9. The Morgan fingerprint density at radius 2 is 1.68 bits per heavy atom. The summed E-state index contributed by atoms with van der Waals surface area (Å²) in [6, 6.07) is 17.0. The van der Waals surface area contributed by atoms with Crippen molar-refractivity contribution in [2.24, 2.45) is 5.92 Å². The molecule has 5 rings (SSSR count). The van der Waals surface area contributed by atoms with Crippen molar-refractivity contribution in [3.05, 3.63) is 94.6 Å². The number of methoxy groups -OCH3 is 1. The third kappa shape index (κ3) is 3.96. The van der Waals surface area contributed by atoms with E-state index >= 15 is 0 Å². The minimum Gasteiger partial charge on any atom is -0.497 e. The topological polar surface area (TPSA) is 67.4 Å². The Hall–Kier alpha value is -3.25. The highest BCUT2D eigenvalue weighted by Gasteiger charge is 2.39. The first kappa shape index (κ1) is 22.5. The minimum atomic E-state index is -3.72. The van der Waals surface area contributed by atoms with Crippen LogP contribution in [0.4, 0.5) is 11.4 Å². The maximum atomic E-state index is 13.2. The van der Waals surface area contributed by atoms with E-state index in [1.807, 2.05) is 12.1 Å². The molecule has 0 spiro atoms. The van der Waals surface area contributed by atoms with Gasteiger partial charge in [0.15, 0.2) is 0 Å². The summed E-state index contributed by atoms with van der Waals surface area (Å²) in [6.45, 7) is 6.50. The van der Waals surface area contributed by atoms with Gasteiger partial charge in [-0.1, -0.05) is 29.8 Å². The third-order valence-electron chi connectivity index (χ3n) is 7.04. The number of benzene rings is 3. The van der Waals surface area contributed by atoms with Crippen LogP contribution in [0.1, 0.15) is 46.2 Å². The Morgan fingerprint density at radius 1 is 0.971 bits per heavy atom. The van der Waals surface area contributed by atoms with Crippen molar-refractivity contribution >= 4 is 21.4 Å². The molecular formula is C28H30N2O3S. The van der Waals surface area contributed by atoms with E-state index in [-0.39, 0.29) is 16.9 Å². The Kier molecular flexibility index (Phi) is 5.64. The van der Waals surface area contributed by atoms with Gasteiger partial charge in [-0.15, -0.1) is 0 Å². The van der Waals surface area contributed by atoms with E-state index in [2.05, 4.69) is 55.1 Å². The summed E-state index contributed by atoms with van der Waals surface area (Å²) in [5.41, 5.74) is 7.76. The predicted octanol–water partition coefficient (Wildman–Crippen LogP) is 6.25. The molecule has 6 heteroatoms. The lowest BCUT2D eigenvalue weighted by molar-refractivity contribution is 0.415. The largest absolute Gasteiger partial charge is 0.497 e. The van der Waals surface area contributed by atoms with Crippen molar-refractivity contribution in [3.8, 4) is 5.75 Å². The van der Waals surface area contributed by atoms with Crippen LogP contribution in [-0.4, -0.2) is 15.5 Å². The third-order valence-corrected chi connectivity index (χ3v) is 8.41. The molecule has 3 aromatic carbocycles. The molecule has 176 valence electrons. The van der Waals surface area contributed by atoms with Gasteiger partial charge in [0.1, 0.15) is 5.75 Å². The molecular weight excluding hydrogens is 444 g/mol. The molecule has 1 aliphatic heterocycles. The lowest BCUT2D eigenvalue weighted by Crippen LogP contribution is -2.30. The number of hydrogen-bond acceptors (Lipinski definition) is 4. The average Bonchev–Trinajstić information content (AvgIpc) is 3.29. The van der Waals surface area contributed by atoms with E-state index in [1.165, 1.54) is 22.3 Å². The van der Waals surface area contributed by atoms with E-state index in [1.54, 1.807) is 37.4 Å². The maximum Gasteiger partial charge on any atom is 0.261 e. The van der Waals surface area contributed by atoms with E-state index in [9.17, 15) is 8.42 Å². The number of rotatable bonds is 5. The second kappa shape index (κ2) is 8.51. The van der Waals surface area contributed by atoms with Crippen molar-refractivity contribution in [1.29, 1.82) is 0 Å². The van der Waals surface area contributed by atoms with Crippen LogP contribution in [0, 0.1) is 26.7 Å². The highest BCUT2D eigenvalue weighted by atomic mass is 32.2. The predicted molar refractivity (Wildman–Crippen MR) is 137 cm³/mol. The number of allylic oxidation sites excluding steroid dienone is 2. The van der Waals surface area contributed by atoms with Gasteiger partial charge < -0.3 is 10.1 Å². The fraction of sp³-hybridized carbons (Fsp3) is 0.286. The maximum absolute atomic E-state index is 13.2. The van der Waals surface area contributed by atoms with E-state index in [0.717, 1.165) is 17.7 Å². The number of hydrogen-bond donors (Lipinski definition) is 2. The molecule has 3 aromatic rings. The molecule has 0 amide bonds. The standard InChI is InChI=1S/C28H30N2O3S/c1-17-14-18(2)27(19(3)15-17)28-24-7-5-6-23(24)25-16-22(12-13-26(25)29-28)34(31,32)30-20-8-10-21(33-4)11-9-20/h5-6,8-16,23-24,28-30H,7H2,1-4H3. The van der Waals surface area contributed by atoms with Gasteiger partial charge in [-0.2, -0.15) is 0 Å². The molecule has 0 radical (unpaired) electrons. The second-order valence-corrected chi connectivity index (χ2v) is 11.1. The molecule has 1 aliphatic carbocycles. The van der Waals surface area contributed by atoms with Gasteiger partial charge in [-0.3, -0.25) is 4.72 Å². The zero-order valence-corrected chi connectivity index (χ0v) is 20.7. The van der Waals surface area contributed by atoms with Crippen molar-refractivity contribution in [2.75, 3.05) is 17.1 Å². The van der Waals surface area contributed by atoms with Crippen LogP contribution < -0.4 is 14.8 Å². The number of aryl methyl sites for hydroxylation is 3. The van der Waals surface area contributed by atoms with Gasteiger partial charge in [0.2, 0.25) is 0 Å². The van der Waals surface area contributed by atoms with Crippen LogP contribution in [0.25, 0.3) is 0 Å². The van der Waals surface area contributed by atoms with Gasteiger partial charge in [0.25, 0.3) is 10.0 Å². The zero-order chi connectivity index (χ0) is 24.0. The monoisotopic (exact) mass is 474 g/mol. The summed E-state index contributed by atoms with van der Waals surface area (Å²) in [7, 11) is -2.14. The number of ether oxygens (including phenoxy) is 1. The molecule has 0 saturated carbocycles. The Labute approximate surface area is 201 Å². The molecule has 0 saturated heterocycles. The Bertz CT molecular complexity index is 1350. The fourth-order valence-electron chi connectivity index (χ4n) is 5.58. The van der Waals surface area contributed by atoms with Crippen molar-refractivity contribution in [3.63, 3.8) is 0 Å². The highest BCUT2D eigenvalue weighted by Crippen LogP contribution is 2.51. The van der Waals surface area contributed by atoms with Crippen LogP contribution in [0.15, 0.2) is 71.6 Å². The molecule has 3 unspecified atom stereocenters. The van der Waals surface area contributed by atoms with Gasteiger partial charge in [-0.25, -0.2) is 8.42 Å². The van der Waals surface area contributed by atoms with Crippen LogP contribution in [0.2, 0.25) is 0 Å².